The quantitative estimate of drug-likeness (QED) is 0.858. The second-order valence-electron chi connectivity index (χ2n) is 4.62. The van der Waals surface area contributed by atoms with Crippen molar-refractivity contribution in [3.05, 3.63) is 29.0 Å². The van der Waals surface area contributed by atoms with Crippen LogP contribution in [0.15, 0.2) is 21.9 Å². The number of thiazole rings is 1. The number of aryl methyl sites for hydroxylation is 1. The number of rotatable bonds is 6. The first-order chi connectivity index (χ1) is 9.60. The molecule has 0 fully saturated rings. The molecule has 2 N–H and O–H groups in total. The normalized spacial score (nSPS) is 12.3. The second-order valence-corrected chi connectivity index (χ2v) is 5.48. The van der Waals surface area contributed by atoms with Gasteiger partial charge in [0.25, 0.3) is 5.91 Å². The number of nitrogens with zero attached hydrogens (tertiary/aromatic N) is 1. The van der Waals surface area contributed by atoms with Gasteiger partial charge in [-0.15, -0.1) is 11.3 Å². The highest BCUT2D eigenvalue weighted by Gasteiger charge is 2.14. The number of carbonyl (C=O) groups excluding carboxylic acids is 1. The van der Waals surface area contributed by atoms with Crippen LogP contribution < -0.4 is 10.6 Å². The summed E-state index contributed by atoms with van der Waals surface area (Å²) in [6.45, 7) is 7.42. The van der Waals surface area contributed by atoms with Gasteiger partial charge >= 0.3 is 0 Å². The molecule has 1 amide bonds. The summed E-state index contributed by atoms with van der Waals surface area (Å²) < 4.78 is 5.50. The van der Waals surface area contributed by atoms with Gasteiger partial charge in [-0.25, -0.2) is 4.98 Å². The van der Waals surface area contributed by atoms with E-state index in [1.807, 2.05) is 32.9 Å². The summed E-state index contributed by atoms with van der Waals surface area (Å²) in [5, 5.41) is 8.58. The van der Waals surface area contributed by atoms with Crippen LogP contribution in [0.3, 0.4) is 0 Å². The maximum atomic E-state index is 12.0. The third-order valence-electron chi connectivity index (χ3n) is 2.81. The van der Waals surface area contributed by atoms with Crippen LogP contribution in [0.4, 0.5) is 0 Å². The van der Waals surface area contributed by atoms with Crippen molar-refractivity contribution < 1.29 is 9.21 Å². The standard InChI is InChI=1S/C14H19N3O2S/c1-4-15-9(2)7-16-13(18)11-8-20-14(17-11)12-6-5-10(3)19-12/h5-6,8-9,15H,4,7H2,1-3H3,(H,16,18)/t9-/m1/s1. The van der Waals surface area contributed by atoms with E-state index in [4.69, 9.17) is 4.42 Å². The van der Waals surface area contributed by atoms with E-state index in [1.165, 1.54) is 11.3 Å². The minimum Gasteiger partial charge on any atom is -0.459 e. The zero-order chi connectivity index (χ0) is 14.5. The number of furan rings is 1. The van der Waals surface area contributed by atoms with Gasteiger partial charge in [-0.1, -0.05) is 6.92 Å². The molecule has 0 aliphatic carbocycles. The fourth-order valence-electron chi connectivity index (χ4n) is 1.80. The molecule has 2 aromatic heterocycles. The molecule has 0 aromatic carbocycles. The molecule has 108 valence electrons. The van der Waals surface area contributed by atoms with Crippen molar-refractivity contribution in [1.82, 2.24) is 15.6 Å². The lowest BCUT2D eigenvalue weighted by atomic mass is 10.3. The molecule has 0 spiro atoms. The largest absolute Gasteiger partial charge is 0.459 e. The van der Waals surface area contributed by atoms with Crippen LogP contribution in [0, 0.1) is 6.92 Å². The Morgan fingerprint density at radius 3 is 2.95 bits per heavy atom. The lowest BCUT2D eigenvalue weighted by molar-refractivity contribution is 0.0946. The topological polar surface area (TPSA) is 67.2 Å². The van der Waals surface area contributed by atoms with Crippen LogP contribution in [0.25, 0.3) is 10.8 Å². The summed E-state index contributed by atoms with van der Waals surface area (Å²) in [6.07, 6.45) is 0. The molecule has 0 saturated carbocycles. The van der Waals surface area contributed by atoms with E-state index in [2.05, 4.69) is 15.6 Å². The monoisotopic (exact) mass is 293 g/mol. The van der Waals surface area contributed by atoms with Gasteiger partial charge in [0.15, 0.2) is 10.8 Å². The van der Waals surface area contributed by atoms with Crippen molar-refractivity contribution in [2.24, 2.45) is 0 Å². The van der Waals surface area contributed by atoms with Crippen LogP contribution >= 0.6 is 11.3 Å². The average Bonchev–Trinajstić information content (AvgIpc) is 3.04. The summed E-state index contributed by atoms with van der Waals surface area (Å²) in [5.41, 5.74) is 0.433. The van der Waals surface area contributed by atoms with Crippen molar-refractivity contribution in [3.8, 4) is 10.8 Å². The summed E-state index contributed by atoms with van der Waals surface area (Å²) in [4.78, 5) is 16.3. The molecule has 0 unspecified atom stereocenters. The third kappa shape index (κ3) is 3.68. The number of likely N-dealkylation sites (N-methyl/N-ethyl adjacent to an activating group) is 1. The summed E-state index contributed by atoms with van der Waals surface area (Å²) >= 11 is 1.41. The first-order valence-corrected chi connectivity index (χ1v) is 7.52. The maximum Gasteiger partial charge on any atom is 0.270 e. The number of carbonyl (C=O) groups is 1. The Balaban J connectivity index is 1.96. The molecule has 0 saturated heterocycles. The molecule has 2 aromatic rings. The van der Waals surface area contributed by atoms with E-state index in [1.54, 1.807) is 5.38 Å². The maximum absolute atomic E-state index is 12.0. The first-order valence-electron chi connectivity index (χ1n) is 6.64. The lowest BCUT2D eigenvalue weighted by Gasteiger charge is -2.12. The minimum atomic E-state index is -0.152. The van der Waals surface area contributed by atoms with Crippen molar-refractivity contribution >= 4 is 17.2 Å². The SMILES string of the molecule is CCN[C@H](C)CNC(=O)c1csc(-c2ccc(C)o2)n1. The number of aromatic nitrogens is 1. The Morgan fingerprint density at radius 1 is 1.50 bits per heavy atom. The first kappa shape index (κ1) is 14.7. The van der Waals surface area contributed by atoms with E-state index < -0.39 is 0 Å². The van der Waals surface area contributed by atoms with Crippen molar-refractivity contribution in [2.45, 2.75) is 26.8 Å². The Bertz CT molecular complexity index is 576. The van der Waals surface area contributed by atoms with Gasteiger partial charge in [-0.3, -0.25) is 4.79 Å². The van der Waals surface area contributed by atoms with Crippen LogP contribution in [-0.2, 0) is 0 Å². The summed E-state index contributed by atoms with van der Waals surface area (Å²) in [7, 11) is 0. The highest BCUT2D eigenvalue weighted by molar-refractivity contribution is 7.13. The van der Waals surface area contributed by atoms with Crippen molar-refractivity contribution in [2.75, 3.05) is 13.1 Å². The Morgan fingerprint density at radius 2 is 2.30 bits per heavy atom. The fraction of sp³-hybridized carbons (Fsp3) is 0.429. The Kier molecular flexibility index (Phi) is 4.92. The molecule has 0 aliphatic rings. The van der Waals surface area contributed by atoms with E-state index in [-0.39, 0.29) is 11.9 Å². The highest BCUT2D eigenvalue weighted by Crippen LogP contribution is 2.25. The highest BCUT2D eigenvalue weighted by atomic mass is 32.1. The van der Waals surface area contributed by atoms with Gasteiger partial charge in [-0.05, 0) is 32.5 Å². The third-order valence-corrected chi connectivity index (χ3v) is 3.67. The number of hydrogen-bond donors (Lipinski definition) is 2. The van der Waals surface area contributed by atoms with Gasteiger partial charge in [0.05, 0.1) is 0 Å². The van der Waals surface area contributed by atoms with Gasteiger partial charge in [0.2, 0.25) is 0 Å². The minimum absolute atomic E-state index is 0.152. The van der Waals surface area contributed by atoms with E-state index >= 15 is 0 Å². The number of nitrogens with one attached hydrogen (secondary N) is 2. The van der Waals surface area contributed by atoms with Crippen LogP contribution in [0.2, 0.25) is 0 Å². The molecule has 0 aliphatic heterocycles. The summed E-state index contributed by atoms with van der Waals surface area (Å²) in [5.74, 6) is 1.38. The molecule has 2 heterocycles. The Labute approximate surface area is 122 Å². The molecule has 20 heavy (non-hydrogen) atoms. The van der Waals surface area contributed by atoms with Gasteiger partial charge < -0.3 is 15.1 Å². The zero-order valence-electron chi connectivity index (χ0n) is 11.9. The molecule has 1 atom stereocenters. The molecule has 0 bridgehead atoms. The van der Waals surface area contributed by atoms with E-state index in [9.17, 15) is 4.79 Å². The molecular weight excluding hydrogens is 274 g/mol. The van der Waals surface area contributed by atoms with Gasteiger partial charge in [0, 0.05) is 18.0 Å². The summed E-state index contributed by atoms with van der Waals surface area (Å²) in [6, 6.07) is 3.99. The molecule has 0 radical (unpaired) electrons. The fourth-order valence-corrected chi connectivity index (χ4v) is 2.56. The average molecular weight is 293 g/mol. The van der Waals surface area contributed by atoms with E-state index in [0.29, 0.717) is 18.0 Å². The number of amides is 1. The molecule has 6 heteroatoms. The van der Waals surface area contributed by atoms with Crippen molar-refractivity contribution in [1.29, 1.82) is 0 Å². The lowest BCUT2D eigenvalue weighted by Crippen LogP contribution is -2.38. The molecule has 2 rings (SSSR count). The van der Waals surface area contributed by atoms with E-state index in [0.717, 1.165) is 17.3 Å². The van der Waals surface area contributed by atoms with Crippen LogP contribution in [0.1, 0.15) is 30.1 Å². The van der Waals surface area contributed by atoms with Gasteiger partial charge in [-0.2, -0.15) is 0 Å². The van der Waals surface area contributed by atoms with Crippen LogP contribution in [0.5, 0.6) is 0 Å². The molecule has 5 nitrogen and oxygen atoms in total. The second kappa shape index (κ2) is 6.67. The zero-order valence-corrected chi connectivity index (χ0v) is 12.7. The predicted octanol–water partition coefficient (Wildman–Crippen LogP) is 2.44. The number of hydrogen-bond acceptors (Lipinski definition) is 5. The Hall–Kier alpha value is -1.66. The van der Waals surface area contributed by atoms with Crippen molar-refractivity contribution in [3.63, 3.8) is 0 Å². The van der Waals surface area contributed by atoms with Gasteiger partial charge in [0.1, 0.15) is 11.5 Å². The van der Waals surface area contributed by atoms with Crippen LogP contribution in [-0.4, -0.2) is 30.0 Å². The predicted molar refractivity (Wildman–Crippen MR) is 80.0 cm³/mol. The smallest absolute Gasteiger partial charge is 0.270 e. The molecular formula is C14H19N3O2S.